The predicted molar refractivity (Wildman–Crippen MR) is 94.1 cm³/mol. The Hall–Kier alpha value is -0.530. The smallest absolute Gasteiger partial charge is 0.309 e. The molecule has 24 heavy (non-hydrogen) atoms. The number of fused-ring (bicyclic) bond motifs is 6. The lowest BCUT2D eigenvalue weighted by Crippen LogP contribution is -2.30. The van der Waals surface area contributed by atoms with Gasteiger partial charge in [0.2, 0.25) is 0 Å². The first-order valence-electron chi connectivity index (χ1n) is 10.7. The van der Waals surface area contributed by atoms with E-state index in [2.05, 4.69) is 27.7 Å². The van der Waals surface area contributed by atoms with Gasteiger partial charge in [-0.25, -0.2) is 0 Å². The summed E-state index contributed by atoms with van der Waals surface area (Å²) in [5.74, 6) is 9.63. The van der Waals surface area contributed by atoms with Gasteiger partial charge in [-0.3, -0.25) is 4.79 Å². The maximum Gasteiger partial charge on any atom is 0.309 e. The van der Waals surface area contributed by atoms with Crippen LogP contribution in [0.15, 0.2) is 0 Å². The van der Waals surface area contributed by atoms with Gasteiger partial charge in [0.05, 0.1) is 5.92 Å². The molecule has 0 aromatic carbocycles. The van der Waals surface area contributed by atoms with Crippen LogP contribution < -0.4 is 0 Å². The second kappa shape index (κ2) is 5.24. The molecule has 0 amide bonds. The molecular weight excluding hydrogens is 296 g/mol. The zero-order valence-electron chi connectivity index (χ0n) is 15.8. The largest absolute Gasteiger partial charge is 0.462 e. The maximum atomic E-state index is 11.4. The molecule has 0 aromatic rings. The van der Waals surface area contributed by atoms with Gasteiger partial charge < -0.3 is 4.74 Å². The van der Waals surface area contributed by atoms with Crippen molar-refractivity contribution >= 4 is 5.97 Å². The second-order valence-corrected chi connectivity index (χ2v) is 10.5. The lowest BCUT2D eigenvalue weighted by Gasteiger charge is -2.29. The van der Waals surface area contributed by atoms with Crippen LogP contribution in [0.1, 0.15) is 59.8 Å². The summed E-state index contributed by atoms with van der Waals surface area (Å²) < 4.78 is 5.38. The van der Waals surface area contributed by atoms with Crippen molar-refractivity contribution < 1.29 is 9.53 Å². The highest BCUT2D eigenvalue weighted by molar-refractivity contribution is 5.77. The molecular formula is C22H34O2. The highest BCUT2D eigenvalue weighted by Gasteiger charge is 2.63. The molecule has 1 aliphatic heterocycles. The molecule has 1 heterocycles. The minimum Gasteiger partial charge on any atom is -0.462 e. The Morgan fingerprint density at radius 3 is 2.25 bits per heavy atom. The molecule has 6 rings (SSSR count). The van der Waals surface area contributed by atoms with Crippen molar-refractivity contribution in [3.8, 4) is 0 Å². The summed E-state index contributed by atoms with van der Waals surface area (Å²) in [6, 6.07) is 0. The average Bonchev–Trinajstić information content (AvgIpc) is 3.28. The monoisotopic (exact) mass is 330 g/mol. The molecule has 6 fully saturated rings. The van der Waals surface area contributed by atoms with Crippen molar-refractivity contribution in [2.75, 3.05) is 0 Å². The molecule has 0 aromatic heterocycles. The molecule has 134 valence electrons. The van der Waals surface area contributed by atoms with Gasteiger partial charge in [-0.2, -0.15) is 0 Å². The lowest BCUT2D eigenvalue weighted by molar-refractivity contribution is -0.144. The van der Waals surface area contributed by atoms with Crippen molar-refractivity contribution in [2.45, 2.75) is 65.9 Å². The van der Waals surface area contributed by atoms with E-state index in [1.807, 2.05) is 0 Å². The summed E-state index contributed by atoms with van der Waals surface area (Å²) in [6.07, 6.45) is 7.82. The van der Waals surface area contributed by atoms with Crippen molar-refractivity contribution in [3.05, 3.63) is 0 Å². The summed E-state index contributed by atoms with van der Waals surface area (Å²) in [4.78, 5) is 11.4. The number of hydrogen-bond donors (Lipinski definition) is 0. The molecule has 0 spiro atoms. The molecule has 12 atom stereocenters. The number of esters is 1. The summed E-state index contributed by atoms with van der Waals surface area (Å²) in [7, 11) is 0. The summed E-state index contributed by atoms with van der Waals surface area (Å²) >= 11 is 0. The fourth-order valence-corrected chi connectivity index (χ4v) is 8.48. The number of carbonyl (C=O) groups is 1. The van der Waals surface area contributed by atoms with Gasteiger partial charge in [-0.05, 0) is 85.4 Å². The predicted octanol–water partition coefficient (Wildman–Crippen LogP) is 4.77. The van der Waals surface area contributed by atoms with Crippen LogP contribution >= 0.6 is 0 Å². The summed E-state index contributed by atoms with van der Waals surface area (Å²) in [5.41, 5.74) is 0. The first-order chi connectivity index (χ1) is 11.5. The number of carbonyl (C=O) groups excluding carboxylic acids is 1. The van der Waals surface area contributed by atoms with E-state index in [1.54, 1.807) is 25.7 Å². The van der Waals surface area contributed by atoms with Crippen LogP contribution in [0.4, 0.5) is 0 Å². The zero-order chi connectivity index (χ0) is 16.7. The van der Waals surface area contributed by atoms with E-state index in [-0.39, 0.29) is 18.0 Å². The number of hydrogen-bond acceptors (Lipinski definition) is 2. The minimum atomic E-state index is 0.0874. The molecule has 0 N–H and O–H groups in total. The van der Waals surface area contributed by atoms with Crippen LogP contribution in [-0.2, 0) is 9.53 Å². The van der Waals surface area contributed by atoms with E-state index in [0.29, 0.717) is 17.8 Å². The highest BCUT2D eigenvalue weighted by Crippen LogP contribution is 2.62. The lowest BCUT2D eigenvalue weighted by atomic mass is 9.76. The molecule has 1 saturated heterocycles. The second-order valence-electron chi connectivity index (χ2n) is 10.5. The molecule has 4 bridgehead atoms. The van der Waals surface area contributed by atoms with Gasteiger partial charge in [0.25, 0.3) is 0 Å². The van der Waals surface area contributed by atoms with E-state index in [1.165, 1.54) is 12.3 Å². The third-order valence-corrected chi connectivity index (χ3v) is 9.42. The van der Waals surface area contributed by atoms with Gasteiger partial charge in [0.1, 0.15) is 6.10 Å². The van der Waals surface area contributed by atoms with Crippen LogP contribution in [0, 0.1) is 65.1 Å². The Kier molecular flexibility index (Phi) is 3.43. The molecule has 6 aliphatic rings. The van der Waals surface area contributed by atoms with E-state index >= 15 is 0 Å². The fraction of sp³-hybridized carbons (Fsp3) is 0.955. The van der Waals surface area contributed by atoms with Crippen molar-refractivity contribution in [1.29, 1.82) is 0 Å². The Morgan fingerprint density at radius 2 is 1.50 bits per heavy atom. The molecule has 12 unspecified atom stereocenters. The Morgan fingerprint density at radius 1 is 0.750 bits per heavy atom. The van der Waals surface area contributed by atoms with Gasteiger partial charge in [-0.15, -0.1) is 0 Å². The first kappa shape index (κ1) is 15.7. The molecule has 5 aliphatic carbocycles. The third kappa shape index (κ3) is 1.98. The first-order valence-corrected chi connectivity index (χ1v) is 10.7. The van der Waals surface area contributed by atoms with Gasteiger partial charge in [-0.1, -0.05) is 27.7 Å². The van der Waals surface area contributed by atoms with Crippen LogP contribution in [0.2, 0.25) is 0 Å². The van der Waals surface area contributed by atoms with Crippen LogP contribution in [0.5, 0.6) is 0 Å². The molecule has 2 nitrogen and oxygen atoms in total. The average molecular weight is 331 g/mol. The van der Waals surface area contributed by atoms with E-state index in [4.69, 9.17) is 4.74 Å². The Balaban J connectivity index is 0.000000109. The molecule has 2 heteroatoms. The Bertz CT molecular complexity index is 538. The van der Waals surface area contributed by atoms with Crippen LogP contribution in [0.3, 0.4) is 0 Å². The molecule has 5 saturated carbocycles. The van der Waals surface area contributed by atoms with Crippen molar-refractivity contribution in [3.63, 3.8) is 0 Å². The van der Waals surface area contributed by atoms with Crippen LogP contribution in [-0.4, -0.2) is 12.1 Å². The SMILES string of the molecule is CC1C2CC3C1OC(=O)C3C2C.CC1CC2C3CC(C)C(C3)C2C1. The topological polar surface area (TPSA) is 26.3 Å². The van der Waals surface area contributed by atoms with Crippen molar-refractivity contribution in [1.82, 2.24) is 0 Å². The third-order valence-electron chi connectivity index (χ3n) is 9.42. The standard InChI is InChI=1S/C12H20.C10H14O2/c1-7-3-11-9-5-8(2)10(6-9)12(11)4-7;1-4-6-3-7-8(4)10(11)12-9(7)5(6)2/h7-12H,3-6H2,1-2H3;4-9H,3H2,1-2H3. The highest BCUT2D eigenvalue weighted by atomic mass is 16.6. The maximum absolute atomic E-state index is 11.4. The molecule has 0 radical (unpaired) electrons. The van der Waals surface area contributed by atoms with E-state index in [9.17, 15) is 4.79 Å². The van der Waals surface area contributed by atoms with Crippen molar-refractivity contribution in [2.24, 2.45) is 65.1 Å². The van der Waals surface area contributed by atoms with Gasteiger partial charge in [0, 0.05) is 5.92 Å². The van der Waals surface area contributed by atoms with Crippen LogP contribution in [0.25, 0.3) is 0 Å². The summed E-state index contributed by atoms with van der Waals surface area (Å²) in [5, 5.41) is 0. The summed E-state index contributed by atoms with van der Waals surface area (Å²) in [6.45, 7) is 9.40. The van der Waals surface area contributed by atoms with Gasteiger partial charge >= 0.3 is 5.97 Å². The number of ether oxygens (including phenoxy) is 1. The fourth-order valence-electron chi connectivity index (χ4n) is 8.48. The number of rotatable bonds is 0. The quantitative estimate of drug-likeness (QED) is 0.598. The minimum absolute atomic E-state index is 0.0874. The zero-order valence-corrected chi connectivity index (χ0v) is 15.8. The Labute approximate surface area is 147 Å². The van der Waals surface area contributed by atoms with Gasteiger partial charge in [0.15, 0.2) is 0 Å². The van der Waals surface area contributed by atoms with E-state index in [0.717, 1.165) is 35.5 Å². The normalized spacial score (nSPS) is 61.8. The van der Waals surface area contributed by atoms with E-state index < -0.39 is 0 Å².